The summed E-state index contributed by atoms with van der Waals surface area (Å²) in [6.45, 7) is 2.46. The molecule has 1 heterocycles. The molecule has 0 N–H and O–H groups in total. The maximum absolute atomic E-state index is 14.4. The lowest BCUT2D eigenvalue weighted by Crippen LogP contribution is -2.47. The van der Waals surface area contributed by atoms with Gasteiger partial charge < -0.3 is 19.7 Å². The summed E-state index contributed by atoms with van der Waals surface area (Å²) >= 11 is 0. The molecule has 0 aromatic heterocycles. The molecule has 0 saturated carbocycles. The first-order valence-electron chi connectivity index (χ1n) is 10.2. The van der Waals surface area contributed by atoms with Crippen molar-refractivity contribution < 1.29 is 23.5 Å². The average molecular weight is 435 g/mol. The van der Waals surface area contributed by atoms with Crippen LogP contribution in [0.25, 0.3) is 22.3 Å². The van der Waals surface area contributed by atoms with Crippen LogP contribution in [0.2, 0.25) is 0 Å². The van der Waals surface area contributed by atoms with Crippen LogP contribution in [0.1, 0.15) is 20.7 Å². The first-order chi connectivity index (χ1) is 15.3. The molecule has 0 aliphatic carbocycles. The minimum Gasteiger partial charge on any atom is -0.545 e. The molecule has 3 aromatic rings. The summed E-state index contributed by atoms with van der Waals surface area (Å²) in [5.41, 5.74) is 1.52. The van der Waals surface area contributed by atoms with E-state index >= 15 is 0 Å². The molecule has 1 aliphatic rings. The van der Waals surface area contributed by atoms with Crippen LogP contribution in [0.3, 0.4) is 0 Å². The summed E-state index contributed by atoms with van der Waals surface area (Å²) < 4.78 is 27.8. The van der Waals surface area contributed by atoms with Crippen molar-refractivity contribution in [2.24, 2.45) is 0 Å². The normalized spacial score (nSPS) is 14.4. The van der Waals surface area contributed by atoms with Crippen molar-refractivity contribution in [1.82, 2.24) is 9.80 Å². The summed E-state index contributed by atoms with van der Waals surface area (Å²) in [6.07, 6.45) is 0. The van der Waals surface area contributed by atoms with Gasteiger partial charge in [-0.3, -0.25) is 4.79 Å². The first kappa shape index (κ1) is 21.6. The molecule has 0 unspecified atom stereocenters. The largest absolute Gasteiger partial charge is 0.545 e. The van der Waals surface area contributed by atoms with E-state index in [1.165, 1.54) is 12.1 Å². The number of piperazine rings is 1. The maximum atomic E-state index is 14.4. The van der Waals surface area contributed by atoms with Gasteiger partial charge in [0.1, 0.15) is 11.6 Å². The molecule has 1 saturated heterocycles. The van der Waals surface area contributed by atoms with Gasteiger partial charge in [0.05, 0.1) is 5.97 Å². The second-order valence-corrected chi connectivity index (χ2v) is 7.81. The van der Waals surface area contributed by atoms with Crippen molar-refractivity contribution >= 4 is 11.9 Å². The van der Waals surface area contributed by atoms with Crippen LogP contribution < -0.4 is 5.11 Å². The highest BCUT2D eigenvalue weighted by Gasteiger charge is 2.24. The van der Waals surface area contributed by atoms with Crippen LogP contribution in [0.5, 0.6) is 0 Å². The molecule has 3 aromatic carbocycles. The number of carboxylic acids is 1. The highest BCUT2D eigenvalue weighted by Crippen LogP contribution is 2.33. The van der Waals surface area contributed by atoms with E-state index in [1.54, 1.807) is 41.3 Å². The molecule has 5 nitrogen and oxygen atoms in total. The Morgan fingerprint density at radius 3 is 2.16 bits per heavy atom. The Labute approximate surface area is 184 Å². The summed E-state index contributed by atoms with van der Waals surface area (Å²) in [6, 6.07) is 14.3. The lowest BCUT2D eigenvalue weighted by atomic mass is 9.91. The number of aromatic carboxylic acids is 1. The van der Waals surface area contributed by atoms with Crippen LogP contribution in [0.15, 0.2) is 60.7 Å². The van der Waals surface area contributed by atoms with Crippen molar-refractivity contribution in [2.75, 3.05) is 33.2 Å². The lowest BCUT2D eigenvalue weighted by Gasteiger charge is -2.33. The fraction of sp³-hybridized carbons (Fsp3) is 0.200. The molecule has 0 bridgehead atoms. The molecule has 0 radical (unpaired) electrons. The third-order valence-corrected chi connectivity index (χ3v) is 5.72. The molecule has 7 heteroatoms. The van der Waals surface area contributed by atoms with E-state index in [-0.39, 0.29) is 22.6 Å². The van der Waals surface area contributed by atoms with Gasteiger partial charge >= 0.3 is 0 Å². The van der Waals surface area contributed by atoms with Gasteiger partial charge in [-0.1, -0.05) is 36.4 Å². The zero-order valence-corrected chi connectivity index (χ0v) is 17.5. The van der Waals surface area contributed by atoms with Crippen molar-refractivity contribution in [3.63, 3.8) is 0 Å². The number of amides is 1. The van der Waals surface area contributed by atoms with Crippen molar-refractivity contribution in [1.29, 1.82) is 0 Å². The quantitative estimate of drug-likeness (QED) is 0.632. The Hall–Kier alpha value is -3.58. The summed E-state index contributed by atoms with van der Waals surface area (Å²) in [7, 11) is 1.97. The van der Waals surface area contributed by atoms with E-state index in [2.05, 4.69) is 4.90 Å². The van der Waals surface area contributed by atoms with E-state index in [4.69, 9.17) is 0 Å². The van der Waals surface area contributed by atoms with Gasteiger partial charge in [-0.05, 0) is 41.9 Å². The van der Waals surface area contributed by atoms with Crippen LogP contribution in [-0.4, -0.2) is 54.9 Å². The van der Waals surface area contributed by atoms with Crippen molar-refractivity contribution in [3.05, 3.63) is 83.4 Å². The van der Waals surface area contributed by atoms with E-state index in [9.17, 15) is 23.5 Å². The Bertz CT molecular complexity index is 1190. The number of nitrogens with zero attached hydrogens (tertiary/aromatic N) is 2. The molecular formula is C25H21F2N2O3-. The zero-order chi connectivity index (χ0) is 22.8. The van der Waals surface area contributed by atoms with Crippen LogP contribution >= 0.6 is 0 Å². The predicted molar refractivity (Wildman–Crippen MR) is 115 cm³/mol. The number of carbonyl (C=O) groups is 2. The van der Waals surface area contributed by atoms with Crippen LogP contribution in [0.4, 0.5) is 8.78 Å². The number of rotatable bonds is 4. The molecule has 1 aliphatic heterocycles. The maximum Gasteiger partial charge on any atom is 0.254 e. The van der Waals surface area contributed by atoms with E-state index in [0.717, 1.165) is 12.1 Å². The van der Waals surface area contributed by atoms with Crippen LogP contribution in [0, 0.1) is 11.6 Å². The summed E-state index contributed by atoms with van der Waals surface area (Å²) in [4.78, 5) is 29.0. The number of hydrogen-bond acceptors (Lipinski definition) is 4. The Balaban J connectivity index is 1.86. The minimum atomic E-state index is -1.35. The first-order valence-corrected chi connectivity index (χ1v) is 10.2. The number of carboxylic acid groups (broad SMARTS) is 1. The second kappa shape index (κ2) is 8.88. The molecule has 0 spiro atoms. The number of hydrogen-bond donors (Lipinski definition) is 0. The van der Waals surface area contributed by atoms with E-state index in [0.29, 0.717) is 42.9 Å². The molecule has 4 rings (SSSR count). The molecule has 0 atom stereocenters. The van der Waals surface area contributed by atoms with Gasteiger partial charge in [0.15, 0.2) is 0 Å². The monoisotopic (exact) mass is 435 g/mol. The number of halogens is 2. The zero-order valence-electron chi connectivity index (χ0n) is 17.5. The van der Waals surface area contributed by atoms with Gasteiger partial charge in [0, 0.05) is 48.9 Å². The Morgan fingerprint density at radius 1 is 0.812 bits per heavy atom. The fourth-order valence-corrected chi connectivity index (χ4v) is 3.92. The highest BCUT2D eigenvalue weighted by molar-refractivity contribution is 6.05. The minimum absolute atomic E-state index is 0.0411. The summed E-state index contributed by atoms with van der Waals surface area (Å²) in [5.74, 6) is -3.07. The predicted octanol–water partition coefficient (Wildman–Crippen LogP) is 3.05. The Kier molecular flexibility index (Phi) is 6.01. The third-order valence-electron chi connectivity index (χ3n) is 5.72. The van der Waals surface area contributed by atoms with Crippen molar-refractivity contribution in [2.45, 2.75) is 0 Å². The highest BCUT2D eigenvalue weighted by atomic mass is 19.1. The average Bonchev–Trinajstić information content (AvgIpc) is 2.79. The third kappa shape index (κ3) is 4.24. The molecule has 1 fully saturated rings. The number of likely N-dealkylation sites (N-methyl/N-ethyl adjacent to an activating group) is 1. The van der Waals surface area contributed by atoms with Gasteiger partial charge in [-0.2, -0.15) is 0 Å². The van der Waals surface area contributed by atoms with Gasteiger partial charge in [0.25, 0.3) is 5.91 Å². The van der Waals surface area contributed by atoms with Gasteiger partial charge in [-0.25, -0.2) is 8.78 Å². The van der Waals surface area contributed by atoms with Crippen molar-refractivity contribution in [3.8, 4) is 22.3 Å². The molecule has 1 amide bonds. The molecule has 32 heavy (non-hydrogen) atoms. The van der Waals surface area contributed by atoms with Gasteiger partial charge in [0.2, 0.25) is 0 Å². The van der Waals surface area contributed by atoms with E-state index in [1.807, 2.05) is 7.05 Å². The topological polar surface area (TPSA) is 63.7 Å². The second-order valence-electron chi connectivity index (χ2n) is 7.81. The number of benzene rings is 3. The van der Waals surface area contributed by atoms with E-state index < -0.39 is 17.6 Å². The lowest BCUT2D eigenvalue weighted by molar-refractivity contribution is -0.254. The van der Waals surface area contributed by atoms with Gasteiger partial charge in [-0.15, -0.1) is 0 Å². The smallest absolute Gasteiger partial charge is 0.254 e. The molecule has 164 valence electrons. The van der Waals surface area contributed by atoms with Crippen LogP contribution in [-0.2, 0) is 0 Å². The Morgan fingerprint density at radius 2 is 1.47 bits per heavy atom. The SMILES string of the molecule is CN1CCN(C(=O)c2cc(-c3ccc(F)cc3F)ccc2-c2ccccc2C(=O)[O-])CC1. The number of carbonyl (C=O) groups excluding carboxylic acids is 2. The fourth-order valence-electron chi connectivity index (χ4n) is 3.92. The standard InChI is InChI=1S/C25H22F2N2O3/c1-28-10-12-29(13-11-28)24(30)22-14-16(18-9-7-17(26)15-23(18)27)6-8-20(22)19-4-2-3-5-21(19)25(31)32/h2-9,14-15H,10-13H2,1H3,(H,31,32)/p-1. The molecular weight excluding hydrogens is 414 g/mol. The summed E-state index contributed by atoms with van der Waals surface area (Å²) in [5, 5.41) is 11.7.